The Kier molecular flexibility index (Phi) is 4.15. The number of hydrogen-bond donors (Lipinski definition) is 3. The second kappa shape index (κ2) is 5.01. The van der Waals surface area contributed by atoms with Crippen molar-refractivity contribution >= 4 is 24.2 Å². The van der Waals surface area contributed by atoms with Gasteiger partial charge >= 0.3 is 0 Å². The van der Waals surface area contributed by atoms with Gasteiger partial charge in [-0.15, -0.1) is 12.4 Å². The van der Waals surface area contributed by atoms with Gasteiger partial charge in [-0.1, -0.05) is 0 Å². The molecule has 2 aliphatic rings. The molecule has 0 aromatic heterocycles. The first kappa shape index (κ1) is 13.3. The van der Waals surface area contributed by atoms with E-state index >= 15 is 0 Å². The summed E-state index contributed by atoms with van der Waals surface area (Å²) < 4.78 is 0. The van der Waals surface area contributed by atoms with Gasteiger partial charge in [0.25, 0.3) is 0 Å². The molecule has 92 valence electrons. The minimum atomic E-state index is -0.434. The van der Waals surface area contributed by atoms with Crippen molar-refractivity contribution in [2.45, 2.75) is 25.9 Å². The maximum Gasteiger partial charge on any atom is 0.242 e. The fraction of sp³-hybridized carbons (Fsp3) is 0.800. The summed E-state index contributed by atoms with van der Waals surface area (Å²) in [6.07, 6.45) is 0. The zero-order chi connectivity index (χ0) is 11.0. The van der Waals surface area contributed by atoms with Crippen molar-refractivity contribution in [3.05, 3.63) is 0 Å². The monoisotopic (exact) mass is 247 g/mol. The summed E-state index contributed by atoms with van der Waals surface area (Å²) in [5.74, 6) is 0.969. The molecule has 6 heteroatoms. The van der Waals surface area contributed by atoms with Gasteiger partial charge in [0.15, 0.2) is 0 Å². The summed E-state index contributed by atoms with van der Waals surface area (Å²) in [7, 11) is 0. The van der Waals surface area contributed by atoms with Crippen LogP contribution in [0.15, 0.2) is 0 Å². The van der Waals surface area contributed by atoms with Crippen LogP contribution in [0.5, 0.6) is 0 Å². The third-order valence-corrected chi connectivity index (χ3v) is 3.21. The number of amides is 2. The van der Waals surface area contributed by atoms with Crippen LogP contribution in [0.1, 0.15) is 13.8 Å². The Hall–Kier alpha value is -0.810. The van der Waals surface area contributed by atoms with E-state index in [1.165, 1.54) is 6.92 Å². The van der Waals surface area contributed by atoms with Crippen LogP contribution in [0.3, 0.4) is 0 Å². The molecule has 0 spiro atoms. The molecule has 1 aliphatic carbocycles. The lowest BCUT2D eigenvalue weighted by atomic mass is 10.3. The van der Waals surface area contributed by atoms with Gasteiger partial charge in [0.1, 0.15) is 6.04 Å². The van der Waals surface area contributed by atoms with Gasteiger partial charge in [0, 0.05) is 26.1 Å². The molecule has 3 atom stereocenters. The van der Waals surface area contributed by atoms with E-state index in [4.69, 9.17) is 0 Å². The molecule has 0 aromatic rings. The number of rotatable bonds is 3. The number of fused-ring (bicyclic) bond motifs is 1. The van der Waals surface area contributed by atoms with Gasteiger partial charge in [-0.3, -0.25) is 9.59 Å². The van der Waals surface area contributed by atoms with Crippen LogP contribution in [-0.2, 0) is 9.59 Å². The van der Waals surface area contributed by atoms with E-state index in [9.17, 15) is 9.59 Å². The van der Waals surface area contributed by atoms with Crippen molar-refractivity contribution in [1.82, 2.24) is 16.0 Å². The summed E-state index contributed by atoms with van der Waals surface area (Å²) in [6.45, 7) is 5.13. The van der Waals surface area contributed by atoms with Crippen molar-refractivity contribution in [2.24, 2.45) is 11.8 Å². The van der Waals surface area contributed by atoms with E-state index < -0.39 is 6.04 Å². The summed E-state index contributed by atoms with van der Waals surface area (Å²) in [6, 6.07) is -0.105. The van der Waals surface area contributed by atoms with Gasteiger partial charge in [-0.25, -0.2) is 0 Å². The van der Waals surface area contributed by atoms with Crippen LogP contribution < -0.4 is 16.0 Å². The molecule has 0 aromatic carbocycles. The van der Waals surface area contributed by atoms with E-state index in [0.717, 1.165) is 13.1 Å². The quantitative estimate of drug-likeness (QED) is 0.616. The molecule has 1 aliphatic heterocycles. The zero-order valence-electron chi connectivity index (χ0n) is 9.45. The van der Waals surface area contributed by atoms with Crippen molar-refractivity contribution in [2.75, 3.05) is 13.1 Å². The Morgan fingerprint density at radius 3 is 2.38 bits per heavy atom. The number of carbonyl (C=O) groups is 2. The fourth-order valence-electron chi connectivity index (χ4n) is 2.29. The maximum atomic E-state index is 11.6. The van der Waals surface area contributed by atoms with E-state index in [0.29, 0.717) is 17.9 Å². The topological polar surface area (TPSA) is 70.2 Å². The van der Waals surface area contributed by atoms with Crippen molar-refractivity contribution in [3.8, 4) is 0 Å². The summed E-state index contributed by atoms with van der Waals surface area (Å²) >= 11 is 0. The number of hydrogen-bond acceptors (Lipinski definition) is 3. The Morgan fingerprint density at radius 1 is 1.31 bits per heavy atom. The summed E-state index contributed by atoms with van der Waals surface area (Å²) in [5, 5.41) is 8.81. The lowest BCUT2D eigenvalue weighted by Gasteiger charge is -2.13. The Bertz CT molecular complexity index is 288. The highest BCUT2D eigenvalue weighted by Crippen LogP contribution is 2.41. The predicted octanol–water partition coefficient (Wildman–Crippen LogP) is -0.733. The average molecular weight is 248 g/mol. The summed E-state index contributed by atoms with van der Waals surface area (Å²) in [5.41, 5.74) is 0. The minimum absolute atomic E-state index is 0. The van der Waals surface area contributed by atoms with E-state index in [1.54, 1.807) is 6.92 Å². The van der Waals surface area contributed by atoms with Crippen LogP contribution in [-0.4, -0.2) is 37.0 Å². The molecular formula is C10H18ClN3O2. The van der Waals surface area contributed by atoms with Crippen LogP contribution in [0, 0.1) is 11.8 Å². The zero-order valence-corrected chi connectivity index (χ0v) is 10.3. The van der Waals surface area contributed by atoms with E-state index in [-0.39, 0.29) is 24.2 Å². The lowest BCUT2D eigenvalue weighted by molar-refractivity contribution is -0.127. The molecule has 1 heterocycles. The molecule has 3 N–H and O–H groups in total. The first-order valence-corrected chi connectivity index (χ1v) is 5.38. The SMILES string of the molecule is CC(=O)NC(C)C(=O)NC1C2CNCC21.Cl. The normalized spacial score (nSPS) is 32.0. The van der Waals surface area contributed by atoms with Gasteiger partial charge in [-0.2, -0.15) is 0 Å². The lowest BCUT2D eigenvalue weighted by Crippen LogP contribution is -2.46. The maximum absolute atomic E-state index is 11.6. The number of carbonyl (C=O) groups excluding carboxylic acids is 2. The Labute approximate surface area is 101 Å². The molecule has 5 nitrogen and oxygen atoms in total. The molecule has 0 bridgehead atoms. The first-order valence-electron chi connectivity index (χ1n) is 5.38. The molecule has 2 fully saturated rings. The third kappa shape index (κ3) is 2.65. The Morgan fingerprint density at radius 2 is 1.88 bits per heavy atom. The van der Waals surface area contributed by atoms with Gasteiger partial charge in [0.2, 0.25) is 11.8 Å². The van der Waals surface area contributed by atoms with Gasteiger partial charge in [0.05, 0.1) is 0 Å². The van der Waals surface area contributed by atoms with Crippen LogP contribution in [0.2, 0.25) is 0 Å². The molecule has 0 radical (unpaired) electrons. The highest BCUT2D eigenvalue weighted by atomic mass is 35.5. The summed E-state index contributed by atoms with van der Waals surface area (Å²) in [4.78, 5) is 22.4. The van der Waals surface area contributed by atoms with E-state index in [1.807, 2.05) is 0 Å². The smallest absolute Gasteiger partial charge is 0.242 e. The van der Waals surface area contributed by atoms with Crippen LogP contribution in [0.25, 0.3) is 0 Å². The van der Waals surface area contributed by atoms with Crippen LogP contribution in [0.4, 0.5) is 0 Å². The Balaban J connectivity index is 0.00000128. The predicted molar refractivity (Wildman–Crippen MR) is 62.3 cm³/mol. The van der Waals surface area contributed by atoms with Gasteiger partial charge in [-0.05, 0) is 18.8 Å². The molecule has 3 unspecified atom stereocenters. The third-order valence-electron chi connectivity index (χ3n) is 3.21. The second-order valence-corrected chi connectivity index (χ2v) is 4.44. The molecule has 1 saturated heterocycles. The van der Waals surface area contributed by atoms with Crippen LogP contribution >= 0.6 is 12.4 Å². The standard InChI is InChI=1S/C10H17N3O2.ClH/c1-5(12-6(2)14)10(15)13-9-7-3-11-4-8(7)9;/h5,7-9,11H,3-4H2,1-2H3,(H,12,14)(H,13,15);1H. The molecule has 16 heavy (non-hydrogen) atoms. The van der Waals surface area contributed by atoms with Crippen molar-refractivity contribution < 1.29 is 9.59 Å². The largest absolute Gasteiger partial charge is 0.351 e. The number of nitrogens with one attached hydrogen (secondary N) is 3. The molecule has 2 rings (SSSR count). The first-order chi connectivity index (χ1) is 7.09. The van der Waals surface area contributed by atoms with Crippen molar-refractivity contribution in [3.63, 3.8) is 0 Å². The average Bonchev–Trinajstić information content (AvgIpc) is 2.62. The molecule has 1 saturated carbocycles. The number of piperidine rings is 1. The minimum Gasteiger partial charge on any atom is -0.351 e. The second-order valence-electron chi connectivity index (χ2n) is 4.44. The highest BCUT2D eigenvalue weighted by molar-refractivity contribution is 5.86. The highest BCUT2D eigenvalue weighted by Gasteiger charge is 2.53. The van der Waals surface area contributed by atoms with Crippen molar-refractivity contribution in [1.29, 1.82) is 0 Å². The fourth-order valence-corrected chi connectivity index (χ4v) is 2.29. The molecule has 2 amide bonds. The number of halogens is 1. The molecular weight excluding hydrogens is 230 g/mol. The van der Waals surface area contributed by atoms with Gasteiger partial charge < -0.3 is 16.0 Å². The van der Waals surface area contributed by atoms with E-state index in [2.05, 4.69) is 16.0 Å².